The first-order valence-corrected chi connectivity index (χ1v) is 6.78. The number of aliphatic hydroxyl groups is 1. The Kier molecular flexibility index (Phi) is 3.67. The highest BCUT2D eigenvalue weighted by Crippen LogP contribution is 2.37. The Morgan fingerprint density at radius 1 is 1.00 bits per heavy atom. The van der Waals surface area contributed by atoms with E-state index in [1.54, 1.807) is 0 Å². The Hall–Kier alpha value is -0.0900. The van der Waals surface area contributed by atoms with Crippen LogP contribution in [-0.4, -0.2) is 5.11 Å². The van der Waals surface area contributed by atoms with Gasteiger partial charge in [-0.3, -0.25) is 0 Å². The van der Waals surface area contributed by atoms with E-state index >= 15 is 0 Å². The molecule has 0 aromatic heterocycles. The number of hydrogen-bond acceptors (Lipinski definition) is 1. The Labute approximate surface area is 105 Å². The van der Waals surface area contributed by atoms with E-state index in [2.05, 4.69) is 34.7 Å². The van der Waals surface area contributed by atoms with Gasteiger partial charge in [0.1, 0.15) is 0 Å². The molecular formula is C13H17IO. The second-order valence-corrected chi connectivity index (χ2v) is 5.59. The summed E-state index contributed by atoms with van der Waals surface area (Å²) >= 11 is 2.33. The predicted octanol–water partition coefficient (Wildman–Crippen LogP) is 3.83. The molecule has 1 fully saturated rings. The lowest BCUT2D eigenvalue weighted by atomic mass is 9.87. The molecular weight excluding hydrogens is 299 g/mol. The SMILES string of the molecule is OC1(c2ccccc2I)CCCCCC1. The van der Waals surface area contributed by atoms with E-state index < -0.39 is 5.60 Å². The van der Waals surface area contributed by atoms with Crippen molar-refractivity contribution in [3.05, 3.63) is 33.4 Å². The Balaban J connectivity index is 2.30. The van der Waals surface area contributed by atoms with Gasteiger partial charge in [0.05, 0.1) is 5.60 Å². The molecule has 0 atom stereocenters. The Bertz CT molecular complexity index is 327. The topological polar surface area (TPSA) is 20.2 Å². The maximum atomic E-state index is 10.7. The van der Waals surface area contributed by atoms with E-state index in [1.165, 1.54) is 16.4 Å². The summed E-state index contributed by atoms with van der Waals surface area (Å²) in [7, 11) is 0. The summed E-state index contributed by atoms with van der Waals surface area (Å²) in [6.07, 6.45) is 6.69. The highest BCUT2D eigenvalue weighted by atomic mass is 127. The van der Waals surface area contributed by atoms with Gasteiger partial charge < -0.3 is 5.11 Å². The van der Waals surface area contributed by atoms with Gasteiger partial charge in [-0.2, -0.15) is 0 Å². The molecule has 0 amide bonds. The van der Waals surface area contributed by atoms with Crippen LogP contribution in [0.25, 0.3) is 0 Å². The van der Waals surface area contributed by atoms with E-state index in [0.29, 0.717) is 0 Å². The van der Waals surface area contributed by atoms with Crippen molar-refractivity contribution in [2.75, 3.05) is 0 Å². The average Bonchev–Trinajstić information content (AvgIpc) is 2.44. The van der Waals surface area contributed by atoms with Gasteiger partial charge >= 0.3 is 0 Å². The van der Waals surface area contributed by atoms with Crippen LogP contribution in [0.1, 0.15) is 44.1 Å². The lowest BCUT2D eigenvalue weighted by Crippen LogP contribution is -2.25. The Morgan fingerprint density at radius 3 is 2.20 bits per heavy atom. The smallest absolute Gasteiger partial charge is 0.0906 e. The second-order valence-electron chi connectivity index (χ2n) is 4.43. The van der Waals surface area contributed by atoms with Gasteiger partial charge in [-0.25, -0.2) is 0 Å². The summed E-state index contributed by atoms with van der Waals surface area (Å²) in [5.74, 6) is 0. The van der Waals surface area contributed by atoms with E-state index in [0.717, 1.165) is 31.2 Å². The predicted molar refractivity (Wildman–Crippen MR) is 70.8 cm³/mol. The van der Waals surface area contributed by atoms with Crippen molar-refractivity contribution in [2.24, 2.45) is 0 Å². The molecule has 0 spiro atoms. The largest absolute Gasteiger partial charge is 0.385 e. The molecule has 2 rings (SSSR count). The second kappa shape index (κ2) is 4.83. The van der Waals surface area contributed by atoms with Gasteiger partial charge in [-0.15, -0.1) is 0 Å². The first-order chi connectivity index (χ1) is 7.22. The minimum Gasteiger partial charge on any atom is -0.385 e. The molecule has 0 bridgehead atoms. The molecule has 1 saturated carbocycles. The number of rotatable bonds is 1. The molecule has 1 aromatic carbocycles. The van der Waals surface area contributed by atoms with Crippen LogP contribution in [0.2, 0.25) is 0 Å². The van der Waals surface area contributed by atoms with E-state index in [9.17, 15) is 5.11 Å². The van der Waals surface area contributed by atoms with Crippen molar-refractivity contribution in [2.45, 2.75) is 44.1 Å². The van der Waals surface area contributed by atoms with Gasteiger partial charge in [0.25, 0.3) is 0 Å². The normalized spacial score (nSPS) is 20.9. The third-order valence-corrected chi connectivity index (χ3v) is 4.25. The molecule has 1 aliphatic carbocycles. The van der Waals surface area contributed by atoms with Crippen LogP contribution in [0.4, 0.5) is 0 Å². The van der Waals surface area contributed by atoms with Crippen LogP contribution in [0.15, 0.2) is 24.3 Å². The zero-order valence-electron chi connectivity index (χ0n) is 8.88. The van der Waals surface area contributed by atoms with Gasteiger partial charge in [0, 0.05) is 3.57 Å². The molecule has 0 unspecified atom stereocenters. The molecule has 0 heterocycles. The van der Waals surface area contributed by atoms with Gasteiger partial charge in [0.2, 0.25) is 0 Å². The molecule has 1 aromatic rings. The van der Waals surface area contributed by atoms with Crippen LogP contribution in [0.3, 0.4) is 0 Å². The third-order valence-electron chi connectivity index (χ3n) is 3.31. The van der Waals surface area contributed by atoms with Crippen LogP contribution in [0.5, 0.6) is 0 Å². The molecule has 0 saturated heterocycles. The minimum absolute atomic E-state index is 0.561. The number of benzene rings is 1. The fraction of sp³-hybridized carbons (Fsp3) is 0.538. The quantitative estimate of drug-likeness (QED) is 0.617. The lowest BCUT2D eigenvalue weighted by Gasteiger charge is -2.28. The number of halogens is 1. The first kappa shape index (κ1) is 11.4. The summed E-state index contributed by atoms with van der Waals surface area (Å²) in [6, 6.07) is 8.22. The van der Waals surface area contributed by atoms with E-state index in [-0.39, 0.29) is 0 Å². The summed E-state index contributed by atoms with van der Waals surface area (Å²) in [5.41, 5.74) is 0.571. The highest BCUT2D eigenvalue weighted by Gasteiger charge is 2.31. The summed E-state index contributed by atoms with van der Waals surface area (Å²) < 4.78 is 1.19. The molecule has 2 heteroatoms. The van der Waals surface area contributed by atoms with Crippen molar-refractivity contribution < 1.29 is 5.11 Å². The molecule has 0 radical (unpaired) electrons. The molecule has 15 heavy (non-hydrogen) atoms. The number of hydrogen-bond donors (Lipinski definition) is 1. The van der Waals surface area contributed by atoms with Crippen LogP contribution >= 0.6 is 22.6 Å². The van der Waals surface area contributed by atoms with Crippen molar-refractivity contribution in [3.63, 3.8) is 0 Å². The zero-order valence-corrected chi connectivity index (χ0v) is 11.0. The van der Waals surface area contributed by atoms with Crippen molar-refractivity contribution >= 4 is 22.6 Å². The van der Waals surface area contributed by atoms with Crippen LogP contribution in [0, 0.1) is 3.57 Å². The van der Waals surface area contributed by atoms with E-state index in [4.69, 9.17) is 0 Å². The Morgan fingerprint density at radius 2 is 1.60 bits per heavy atom. The first-order valence-electron chi connectivity index (χ1n) is 5.70. The van der Waals surface area contributed by atoms with Gasteiger partial charge in [-0.05, 0) is 47.1 Å². The van der Waals surface area contributed by atoms with Crippen molar-refractivity contribution in [1.82, 2.24) is 0 Å². The molecule has 82 valence electrons. The molecule has 1 nitrogen and oxygen atoms in total. The monoisotopic (exact) mass is 316 g/mol. The van der Waals surface area contributed by atoms with Crippen molar-refractivity contribution in [1.29, 1.82) is 0 Å². The third kappa shape index (κ3) is 2.53. The van der Waals surface area contributed by atoms with Crippen LogP contribution < -0.4 is 0 Å². The zero-order chi connectivity index (χ0) is 10.7. The minimum atomic E-state index is -0.561. The van der Waals surface area contributed by atoms with Gasteiger partial charge in [0.15, 0.2) is 0 Å². The average molecular weight is 316 g/mol. The summed E-state index contributed by atoms with van der Waals surface area (Å²) in [5, 5.41) is 10.7. The lowest BCUT2D eigenvalue weighted by molar-refractivity contribution is 0.0199. The highest BCUT2D eigenvalue weighted by molar-refractivity contribution is 14.1. The fourth-order valence-corrected chi connectivity index (χ4v) is 3.31. The summed E-state index contributed by atoms with van der Waals surface area (Å²) in [4.78, 5) is 0. The summed E-state index contributed by atoms with van der Waals surface area (Å²) in [6.45, 7) is 0. The molecule has 1 N–H and O–H groups in total. The van der Waals surface area contributed by atoms with Crippen molar-refractivity contribution in [3.8, 4) is 0 Å². The van der Waals surface area contributed by atoms with Gasteiger partial charge in [-0.1, -0.05) is 43.9 Å². The van der Waals surface area contributed by atoms with Crippen LogP contribution in [-0.2, 0) is 5.60 Å². The van der Waals surface area contributed by atoms with E-state index in [1.807, 2.05) is 12.1 Å². The fourth-order valence-electron chi connectivity index (χ4n) is 2.42. The standard InChI is InChI=1S/C13H17IO/c14-12-8-4-3-7-11(12)13(15)9-5-1-2-6-10-13/h3-4,7-8,15H,1-2,5-6,9-10H2. The molecule has 0 aliphatic heterocycles. The maximum absolute atomic E-state index is 10.7. The molecule has 1 aliphatic rings. The maximum Gasteiger partial charge on any atom is 0.0906 e.